The number of ether oxygens (including phenoxy) is 8. The van der Waals surface area contributed by atoms with Gasteiger partial charge in [0.05, 0.1) is 43.5 Å². The lowest BCUT2D eigenvalue weighted by molar-refractivity contribution is -0.270. The van der Waals surface area contributed by atoms with Crippen LogP contribution in [0, 0.1) is 6.92 Å². The Bertz CT molecular complexity index is 2070. The van der Waals surface area contributed by atoms with Crippen LogP contribution in [0.2, 0.25) is 0 Å². The van der Waals surface area contributed by atoms with Crippen molar-refractivity contribution in [3.63, 3.8) is 0 Å². The molecule has 5 rings (SSSR count). The highest BCUT2D eigenvalue weighted by Crippen LogP contribution is 2.42. The van der Waals surface area contributed by atoms with Crippen LogP contribution in [0.1, 0.15) is 76.3 Å². The Morgan fingerprint density at radius 3 is 2.20 bits per heavy atom. The Morgan fingerprint density at radius 1 is 0.891 bits per heavy atom. The van der Waals surface area contributed by atoms with Crippen LogP contribution in [0.3, 0.4) is 0 Å². The van der Waals surface area contributed by atoms with Crippen molar-refractivity contribution in [2.45, 2.75) is 91.6 Å². The number of carbonyl (C=O) groups is 5. The number of aryl methyl sites for hydroxylation is 1. The lowest BCUT2D eigenvalue weighted by Crippen LogP contribution is -2.60. The molecule has 19 heteroatoms. The highest BCUT2D eigenvalue weighted by molar-refractivity contribution is 5.92. The van der Waals surface area contributed by atoms with Gasteiger partial charge in [-0.05, 0) is 38.5 Å². The van der Waals surface area contributed by atoms with Gasteiger partial charge in [0.2, 0.25) is 5.88 Å². The van der Waals surface area contributed by atoms with Gasteiger partial charge in [0.15, 0.2) is 24.5 Å². The first-order valence-electron chi connectivity index (χ1n) is 17.2. The number of benzene rings is 1. The molecule has 6 atom stereocenters. The largest absolute Gasteiger partial charge is 0.497 e. The first-order chi connectivity index (χ1) is 26.1. The first kappa shape index (κ1) is 40.1. The maximum Gasteiger partial charge on any atom is 0.338 e. The average Bonchev–Trinajstić information content (AvgIpc) is 3.58. The van der Waals surface area contributed by atoms with E-state index in [4.69, 9.17) is 37.9 Å². The number of carbonyl (C=O) groups excluding carboxylic acids is 5. The third-order valence-electron chi connectivity index (χ3n) is 8.59. The van der Waals surface area contributed by atoms with Crippen molar-refractivity contribution in [3.05, 3.63) is 74.8 Å². The minimum Gasteiger partial charge on any atom is -0.497 e. The average molecular weight is 768 g/mol. The Balaban J connectivity index is 1.57. The molecule has 0 aliphatic carbocycles. The molecular formula is C36H41N5O14. The number of methoxy groups -OCH3 is 1. The molecule has 0 saturated carbocycles. The standard InChI is InChI=1S/C36H41N5O14/c1-9-49-36(47)27-17(2)51-33-29(28(27)23-11-10-12-25(13-23)48-8)34(46)40(18(3)37-33)14-24-15-41(39-38-24)35-32(54-22(7)45)31(53-21(6)44)30(52-20(5)43)26(55-35)16-50-19(4)42/h10-13,15,26,28,30-32,35H,9,14,16H2,1-8H3/t26-,28?,30-,31+,32-,35-/m1/s1. The number of esters is 5. The summed E-state index contributed by atoms with van der Waals surface area (Å²) >= 11 is 0. The summed E-state index contributed by atoms with van der Waals surface area (Å²) in [5.74, 6) is -3.70. The number of hydrogen-bond acceptors (Lipinski definition) is 17. The van der Waals surface area contributed by atoms with Crippen molar-refractivity contribution in [3.8, 4) is 11.6 Å². The third kappa shape index (κ3) is 8.83. The molecule has 294 valence electrons. The van der Waals surface area contributed by atoms with Gasteiger partial charge in [0.1, 0.15) is 35.7 Å². The zero-order chi connectivity index (χ0) is 40.1. The molecular weight excluding hydrogens is 726 g/mol. The second kappa shape index (κ2) is 16.9. The van der Waals surface area contributed by atoms with Gasteiger partial charge in [-0.3, -0.25) is 28.5 Å². The van der Waals surface area contributed by atoms with E-state index in [1.807, 2.05) is 0 Å². The molecule has 55 heavy (non-hydrogen) atoms. The van der Waals surface area contributed by atoms with E-state index in [1.54, 1.807) is 45.0 Å². The second-order valence-corrected chi connectivity index (χ2v) is 12.6. The number of nitrogens with zero attached hydrogens (tertiary/aromatic N) is 5. The Morgan fingerprint density at radius 2 is 1.56 bits per heavy atom. The molecule has 1 aromatic carbocycles. The van der Waals surface area contributed by atoms with Crippen LogP contribution in [0.4, 0.5) is 0 Å². The zero-order valence-corrected chi connectivity index (χ0v) is 31.4. The van der Waals surface area contributed by atoms with Crippen molar-refractivity contribution in [2.24, 2.45) is 0 Å². The second-order valence-electron chi connectivity index (χ2n) is 12.6. The first-order valence-corrected chi connectivity index (χ1v) is 17.2. The number of hydrogen-bond donors (Lipinski definition) is 0. The molecule has 0 spiro atoms. The van der Waals surface area contributed by atoms with Crippen molar-refractivity contribution in [1.82, 2.24) is 24.5 Å². The smallest absolute Gasteiger partial charge is 0.338 e. The monoisotopic (exact) mass is 767 g/mol. The van der Waals surface area contributed by atoms with Gasteiger partial charge in [0.25, 0.3) is 5.56 Å². The molecule has 1 unspecified atom stereocenters. The van der Waals surface area contributed by atoms with Crippen LogP contribution in [0.5, 0.6) is 11.6 Å². The minimum absolute atomic E-state index is 0.0123. The summed E-state index contributed by atoms with van der Waals surface area (Å²) < 4.78 is 47.1. The van der Waals surface area contributed by atoms with E-state index in [-0.39, 0.29) is 47.4 Å². The maximum absolute atomic E-state index is 14.5. The maximum atomic E-state index is 14.5. The molecule has 2 aliphatic heterocycles. The lowest BCUT2D eigenvalue weighted by atomic mass is 9.83. The molecule has 2 aliphatic rings. The van der Waals surface area contributed by atoms with Crippen molar-refractivity contribution >= 4 is 29.8 Å². The van der Waals surface area contributed by atoms with Gasteiger partial charge < -0.3 is 37.9 Å². The van der Waals surface area contributed by atoms with Gasteiger partial charge in [-0.15, -0.1) is 5.10 Å². The summed E-state index contributed by atoms with van der Waals surface area (Å²) in [7, 11) is 1.50. The highest BCUT2D eigenvalue weighted by atomic mass is 16.7. The quantitative estimate of drug-likeness (QED) is 0.189. The van der Waals surface area contributed by atoms with E-state index in [9.17, 15) is 28.8 Å². The van der Waals surface area contributed by atoms with Crippen LogP contribution in [0.25, 0.3) is 0 Å². The van der Waals surface area contributed by atoms with Crippen LogP contribution >= 0.6 is 0 Å². The molecule has 2 aromatic heterocycles. The number of fused-ring (bicyclic) bond motifs is 1. The number of rotatable bonds is 12. The zero-order valence-electron chi connectivity index (χ0n) is 31.4. The molecule has 0 radical (unpaired) electrons. The normalized spacial score (nSPS) is 21.7. The van der Waals surface area contributed by atoms with E-state index >= 15 is 0 Å². The van der Waals surface area contributed by atoms with Gasteiger partial charge in [-0.2, -0.15) is 4.98 Å². The summed E-state index contributed by atoms with van der Waals surface area (Å²) in [6.07, 6.45) is -5.45. The van der Waals surface area contributed by atoms with E-state index in [2.05, 4.69) is 15.3 Å². The predicted molar refractivity (Wildman–Crippen MR) is 184 cm³/mol. The summed E-state index contributed by atoms with van der Waals surface area (Å²) in [4.78, 5) is 80.9. The minimum atomic E-state index is -1.44. The molecule has 19 nitrogen and oxygen atoms in total. The molecule has 0 bridgehead atoms. The Kier molecular flexibility index (Phi) is 12.3. The Hall–Kier alpha value is -6.11. The van der Waals surface area contributed by atoms with Crippen LogP contribution in [-0.4, -0.2) is 99.1 Å². The fourth-order valence-electron chi connectivity index (χ4n) is 6.43. The molecule has 1 fully saturated rings. The van der Waals surface area contributed by atoms with Gasteiger partial charge in [-0.25, -0.2) is 9.48 Å². The molecule has 1 saturated heterocycles. The van der Waals surface area contributed by atoms with E-state index in [1.165, 1.54) is 22.6 Å². The molecule has 3 aromatic rings. The van der Waals surface area contributed by atoms with Crippen molar-refractivity contribution in [1.29, 1.82) is 0 Å². The van der Waals surface area contributed by atoms with Crippen LogP contribution in [0.15, 0.2) is 46.6 Å². The summed E-state index contributed by atoms with van der Waals surface area (Å²) in [5, 5.41) is 8.39. The van der Waals surface area contributed by atoms with Crippen molar-refractivity contribution in [2.75, 3.05) is 20.3 Å². The van der Waals surface area contributed by atoms with Gasteiger partial charge in [0, 0.05) is 27.7 Å². The van der Waals surface area contributed by atoms with E-state index in [0.717, 1.165) is 27.7 Å². The fourth-order valence-corrected chi connectivity index (χ4v) is 6.43. The predicted octanol–water partition coefficient (Wildman–Crippen LogP) is 1.82. The summed E-state index contributed by atoms with van der Waals surface area (Å²) in [5.41, 5.74) is 0.388. The van der Waals surface area contributed by atoms with Crippen molar-refractivity contribution < 1.29 is 61.9 Å². The fraction of sp³-hybridized carbons (Fsp3) is 0.472. The topological polar surface area (TPSA) is 225 Å². The summed E-state index contributed by atoms with van der Waals surface area (Å²) in [6, 6.07) is 6.91. The molecule has 0 amide bonds. The number of aromatic nitrogens is 5. The van der Waals surface area contributed by atoms with E-state index < -0.39 is 78.6 Å². The molecule has 0 N–H and O–H groups in total. The summed E-state index contributed by atoms with van der Waals surface area (Å²) in [6.45, 7) is 8.80. The van der Waals surface area contributed by atoms with Crippen LogP contribution in [-0.2, 0) is 58.9 Å². The SMILES string of the molecule is CCOC(=O)C1=C(C)Oc2nc(C)n(Cc3cn([C@@H]4O[C@H](COC(C)=O)[C@@H](OC(C)=O)[C@H](OC(C)=O)[C@H]4OC(C)=O)nn3)c(=O)c2C1c1cccc(OC)c1. The van der Waals surface area contributed by atoms with Gasteiger partial charge >= 0.3 is 29.8 Å². The third-order valence-corrected chi connectivity index (χ3v) is 8.59. The highest BCUT2D eigenvalue weighted by Gasteiger charge is 2.53. The molecule has 4 heterocycles. The number of allylic oxidation sites excluding steroid dienone is 1. The Labute approximate surface area is 314 Å². The van der Waals surface area contributed by atoms with Gasteiger partial charge in [-0.1, -0.05) is 17.3 Å². The van der Waals surface area contributed by atoms with Crippen LogP contribution < -0.4 is 15.0 Å². The lowest BCUT2D eigenvalue weighted by Gasteiger charge is -2.44. The van der Waals surface area contributed by atoms with E-state index in [0.29, 0.717) is 11.3 Å².